The second-order valence-corrected chi connectivity index (χ2v) is 7.20. The van der Waals surface area contributed by atoms with Crippen molar-refractivity contribution in [2.45, 2.75) is 37.8 Å². The van der Waals surface area contributed by atoms with Crippen molar-refractivity contribution in [2.75, 3.05) is 5.32 Å². The Bertz CT molecular complexity index is 978. The molecule has 0 saturated heterocycles. The summed E-state index contributed by atoms with van der Waals surface area (Å²) in [6.45, 7) is 0. The molecule has 1 aromatic carbocycles. The Balaban J connectivity index is 1.79. The molecule has 3 aromatic rings. The van der Waals surface area contributed by atoms with Gasteiger partial charge >= 0.3 is 0 Å². The summed E-state index contributed by atoms with van der Waals surface area (Å²) in [5, 5.41) is 33.1. The van der Waals surface area contributed by atoms with Gasteiger partial charge in [-0.25, -0.2) is 4.39 Å². The minimum Gasteiger partial charge on any atom is -0.507 e. The first-order valence-electron chi connectivity index (χ1n) is 8.76. The monoisotopic (exact) mass is 388 g/mol. The van der Waals surface area contributed by atoms with Crippen molar-refractivity contribution in [3.05, 3.63) is 41.4 Å². The Morgan fingerprint density at radius 1 is 1.19 bits per heavy atom. The van der Waals surface area contributed by atoms with E-state index in [1.807, 2.05) is 0 Å². The molecule has 140 valence electrons. The van der Waals surface area contributed by atoms with Gasteiger partial charge in [0.1, 0.15) is 17.3 Å². The minimum absolute atomic E-state index is 0.0530. The minimum atomic E-state index is -0.677. The zero-order chi connectivity index (χ0) is 19.0. The Morgan fingerprint density at radius 2 is 2.04 bits per heavy atom. The summed E-state index contributed by atoms with van der Waals surface area (Å²) >= 11 is 5.80. The molecule has 0 bridgehead atoms. The molecular weight excluding hydrogens is 371 g/mol. The molecule has 1 saturated carbocycles. The number of fused-ring (bicyclic) bond motifs is 1. The lowest BCUT2D eigenvalue weighted by molar-refractivity contribution is 0.124. The van der Waals surface area contributed by atoms with Crippen LogP contribution in [-0.4, -0.2) is 37.5 Å². The van der Waals surface area contributed by atoms with Crippen molar-refractivity contribution < 1.29 is 14.6 Å². The number of phenolic OH excluding ortho intramolecular Hbond substituents is 1. The van der Waals surface area contributed by atoms with Gasteiger partial charge in [-0.15, -0.1) is 10.2 Å². The van der Waals surface area contributed by atoms with Gasteiger partial charge in [-0.2, -0.15) is 0 Å². The highest BCUT2D eigenvalue weighted by Gasteiger charge is 2.23. The van der Waals surface area contributed by atoms with E-state index in [1.54, 1.807) is 18.5 Å². The van der Waals surface area contributed by atoms with Gasteiger partial charge in [0.15, 0.2) is 5.82 Å². The lowest BCUT2D eigenvalue weighted by Crippen LogP contribution is -2.30. The fourth-order valence-electron chi connectivity index (χ4n) is 3.57. The summed E-state index contributed by atoms with van der Waals surface area (Å²) in [4.78, 5) is 4.14. The molecule has 1 fully saturated rings. The van der Waals surface area contributed by atoms with Crippen molar-refractivity contribution >= 4 is 28.2 Å². The zero-order valence-electron chi connectivity index (χ0n) is 14.4. The molecule has 0 spiro atoms. The van der Waals surface area contributed by atoms with Crippen molar-refractivity contribution in [2.24, 2.45) is 0 Å². The molecule has 1 aliphatic carbocycles. The molecule has 2 heterocycles. The van der Waals surface area contributed by atoms with Gasteiger partial charge in [0, 0.05) is 34.2 Å². The number of nitrogens with zero attached hydrogens (tertiary/aromatic N) is 3. The Kier molecular flexibility index (Phi) is 4.80. The lowest BCUT2D eigenvalue weighted by Gasteiger charge is -2.27. The molecule has 2 aromatic heterocycles. The number of hydrogen-bond donors (Lipinski definition) is 3. The number of anilines is 1. The van der Waals surface area contributed by atoms with Crippen LogP contribution < -0.4 is 5.32 Å². The Hall–Kier alpha value is -2.51. The van der Waals surface area contributed by atoms with Crippen LogP contribution in [-0.2, 0) is 0 Å². The molecule has 0 unspecified atom stereocenters. The molecular formula is C19H18ClFN4O2. The van der Waals surface area contributed by atoms with E-state index >= 15 is 0 Å². The molecule has 0 aliphatic heterocycles. The van der Waals surface area contributed by atoms with Gasteiger partial charge in [-0.05, 0) is 43.9 Å². The van der Waals surface area contributed by atoms with Gasteiger partial charge in [-0.3, -0.25) is 4.98 Å². The molecule has 0 radical (unpaired) electrons. The van der Waals surface area contributed by atoms with Crippen LogP contribution in [0.25, 0.3) is 22.0 Å². The van der Waals surface area contributed by atoms with E-state index in [2.05, 4.69) is 20.5 Å². The van der Waals surface area contributed by atoms with E-state index in [4.69, 9.17) is 11.6 Å². The predicted molar refractivity (Wildman–Crippen MR) is 101 cm³/mol. The number of nitrogens with one attached hydrogen (secondary N) is 1. The highest BCUT2D eigenvalue weighted by Crippen LogP contribution is 2.38. The molecule has 3 N–H and O–H groups in total. The number of aromatic hydroxyl groups is 1. The maximum absolute atomic E-state index is 14.5. The van der Waals surface area contributed by atoms with E-state index < -0.39 is 5.82 Å². The van der Waals surface area contributed by atoms with E-state index in [1.165, 1.54) is 6.07 Å². The molecule has 1 aliphatic rings. The van der Waals surface area contributed by atoms with Crippen LogP contribution in [0.2, 0.25) is 5.02 Å². The third-order valence-electron chi connectivity index (χ3n) is 4.84. The third kappa shape index (κ3) is 3.52. The molecule has 0 amide bonds. The number of rotatable bonds is 3. The first-order valence-corrected chi connectivity index (χ1v) is 9.14. The fourth-order valence-corrected chi connectivity index (χ4v) is 3.77. The summed E-state index contributed by atoms with van der Waals surface area (Å²) in [5.74, 6) is -0.457. The van der Waals surface area contributed by atoms with Crippen LogP contribution >= 0.6 is 11.6 Å². The summed E-state index contributed by atoms with van der Waals surface area (Å²) in [6, 6.07) is 4.18. The van der Waals surface area contributed by atoms with Gasteiger partial charge in [0.2, 0.25) is 0 Å². The maximum Gasteiger partial charge on any atom is 0.158 e. The highest BCUT2D eigenvalue weighted by molar-refractivity contribution is 6.30. The van der Waals surface area contributed by atoms with Crippen molar-refractivity contribution in [1.29, 1.82) is 0 Å². The first-order chi connectivity index (χ1) is 13.0. The summed E-state index contributed by atoms with van der Waals surface area (Å²) in [7, 11) is 0. The van der Waals surface area contributed by atoms with Crippen LogP contribution in [0.1, 0.15) is 25.7 Å². The van der Waals surface area contributed by atoms with Crippen molar-refractivity contribution in [1.82, 2.24) is 15.2 Å². The van der Waals surface area contributed by atoms with E-state index in [9.17, 15) is 14.6 Å². The standard InChI is InChI=1S/C19H18ClFN4O2/c20-10-6-15(21)17(16(27)7-10)18-13-4-5-22-9-14(13)19(25-24-18)23-11-2-1-3-12(26)8-11/h4-7,9,11-12,26-27H,1-3,8H2,(H,23,25)/t11-,12-/m0/s1. The largest absolute Gasteiger partial charge is 0.507 e. The first kappa shape index (κ1) is 17.9. The van der Waals surface area contributed by atoms with Crippen LogP contribution in [0.3, 0.4) is 0 Å². The molecule has 2 atom stereocenters. The van der Waals surface area contributed by atoms with Gasteiger partial charge in [0.05, 0.1) is 11.7 Å². The lowest BCUT2D eigenvalue weighted by atomic mass is 9.93. The number of aliphatic hydroxyl groups is 1. The van der Waals surface area contributed by atoms with Crippen molar-refractivity contribution in [3.63, 3.8) is 0 Å². The average molecular weight is 389 g/mol. The fraction of sp³-hybridized carbons (Fsp3) is 0.316. The molecule has 27 heavy (non-hydrogen) atoms. The number of pyridine rings is 1. The van der Waals surface area contributed by atoms with E-state index in [0.717, 1.165) is 25.3 Å². The smallest absolute Gasteiger partial charge is 0.158 e. The number of aromatic nitrogens is 3. The van der Waals surface area contributed by atoms with Crippen molar-refractivity contribution in [3.8, 4) is 17.0 Å². The second-order valence-electron chi connectivity index (χ2n) is 6.76. The number of benzene rings is 1. The van der Waals surface area contributed by atoms with Crippen LogP contribution in [0.15, 0.2) is 30.6 Å². The zero-order valence-corrected chi connectivity index (χ0v) is 15.1. The van der Waals surface area contributed by atoms with Crippen LogP contribution in [0, 0.1) is 5.82 Å². The third-order valence-corrected chi connectivity index (χ3v) is 5.06. The Morgan fingerprint density at radius 3 is 2.81 bits per heavy atom. The summed E-state index contributed by atoms with van der Waals surface area (Å²) in [5.41, 5.74) is 0.163. The van der Waals surface area contributed by atoms with Crippen LogP contribution in [0.4, 0.5) is 10.2 Å². The van der Waals surface area contributed by atoms with E-state index in [0.29, 0.717) is 23.0 Å². The predicted octanol–water partition coefficient (Wildman–Crippen LogP) is 3.91. The molecule has 6 nitrogen and oxygen atoms in total. The quantitative estimate of drug-likeness (QED) is 0.630. The Labute approximate surface area is 160 Å². The summed E-state index contributed by atoms with van der Waals surface area (Å²) in [6.07, 6.45) is 6.18. The van der Waals surface area contributed by atoms with Gasteiger partial charge in [-0.1, -0.05) is 11.6 Å². The second kappa shape index (κ2) is 7.25. The van der Waals surface area contributed by atoms with Crippen LogP contribution in [0.5, 0.6) is 5.75 Å². The number of aliphatic hydroxyl groups excluding tert-OH is 1. The number of hydrogen-bond acceptors (Lipinski definition) is 6. The molecule has 8 heteroatoms. The topological polar surface area (TPSA) is 91.2 Å². The number of phenols is 1. The normalized spacial score (nSPS) is 20.0. The summed E-state index contributed by atoms with van der Waals surface area (Å²) < 4.78 is 14.5. The number of halogens is 2. The SMILES string of the molecule is Oc1cc(Cl)cc(F)c1-c1nnc(N[C@H]2CCC[C@H](O)C2)c2cnccc12. The molecule has 4 rings (SSSR count). The van der Waals surface area contributed by atoms with Gasteiger partial charge in [0.25, 0.3) is 0 Å². The average Bonchev–Trinajstić information content (AvgIpc) is 2.62. The maximum atomic E-state index is 14.5. The van der Waals surface area contributed by atoms with Gasteiger partial charge < -0.3 is 15.5 Å². The van der Waals surface area contributed by atoms with E-state index in [-0.39, 0.29) is 34.2 Å². The highest BCUT2D eigenvalue weighted by atomic mass is 35.5.